The third-order valence-corrected chi connectivity index (χ3v) is 9.15. The largest absolute Gasteiger partial charge is 0.403 e. The van der Waals surface area contributed by atoms with Crippen LogP contribution in [0.4, 0.5) is 5.82 Å². The summed E-state index contributed by atoms with van der Waals surface area (Å²) in [5, 5.41) is 0. The lowest BCUT2D eigenvalue weighted by atomic mass is 9.90. The maximum absolute atomic E-state index is 14.1. The van der Waals surface area contributed by atoms with Gasteiger partial charge in [0.05, 0.1) is 4.90 Å². The molecule has 0 saturated heterocycles. The zero-order valence-corrected chi connectivity index (χ0v) is 21.8. The molecule has 0 fully saturated rings. The van der Waals surface area contributed by atoms with E-state index in [2.05, 4.69) is 57.6 Å². The fourth-order valence-electron chi connectivity index (χ4n) is 5.54. The van der Waals surface area contributed by atoms with Crippen LogP contribution >= 0.6 is 0 Å². The third kappa shape index (κ3) is 4.75. The quantitative estimate of drug-likeness (QED) is 0.526. The van der Waals surface area contributed by atoms with Gasteiger partial charge in [-0.05, 0) is 117 Å². The number of allylic oxidation sites excluding steroid dienone is 1. The molecule has 5 heteroatoms. The summed E-state index contributed by atoms with van der Waals surface area (Å²) in [6.07, 6.45) is 7.99. The average Bonchev–Trinajstić information content (AvgIpc) is 3.10. The lowest BCUT2D eigenvalue weighted by molar-refractivity contribution is 0.392. The van der Waals surface area contributed by atoms with Gasteiger partial charge < -0.3 is 5.73 Å². The first-order valence-corrected chi connectivity index (χ1v) is 13.4. The van der Waals surface area contributed by atoms with Crippen LogP contribution in [0.5, 0.6) is 0 Å². The van der Waals surface area contributed by atoms with E-state index >= 15 is 0 Å². The first-order chi connectivity index (χ1) is 15.6. The number of benzene rings is 1. The van der Waals surface area contributed by atoms with Crippen molar-refractivity contribution in [3.8, 4) is 0 Å². The molecular weight excluding hydrogens is 426 g/mol. The van der Waals surface area contributed by atoms with Crippen molar-refractivity contribution < 1.29 is 4.21 Å². The number of nitrogens with zero attached hydrogens (tertiary/aromatic N) is 2. The van der Waals surface area contributed by atoms with Crippen molar-refractivity contribution in [1.82, 2.24) is 4.98 Å². The average molecular weight is 466 g/mol. The standard InChI is InChI=1S/C28H39N3OS/c1-18(29)10-7-8-12-23-14-13-22-11-9-15-31(27(22)30-23)33(32)26-20(3)19(2)24-16-28(5,6)17-25(24)21(26)4/h13-14H,1,7-12,15-17,29H2,2-6H3. The van der Waals surface area contributed by atoms with Crippen LogP contribution in [0.1, 0.15) is 78.6 Å². The van der Waals surface area contributed by atoms with Crippen LogP contribution in [0, 0.1) is 26.2 Å². The van der Waals surface area contributed by atoms with Crippen molar-refractivity contribution in [1.29, 1.82) is 0 Å². The molecule has 1 aromatic carbocycles. The molecule has 0 spiro atoms. The summed E-state index contributed by atoms with van der Waals surface area (Å²) in [5.74, 6) is 0.914. The molecule has 178 valence electrons. The smallest absolute Gasteiger partial charge is 0.154 e. The number of hydrogen-bond donors (Lipinski definition) is 1. The van der Waals surface area contributed by atoms with E-state index in [9.17, 15) is 4.21 Å². The van der Waals surface area contributed by atoms with E-state index in [0.717, 1.165) is 80.0 Å². The second kappa shape index (κ2) is 9.25. The third-order valence-electron chi connectivity index (χ3n) is 7.44. The van der Waals surface area contributed by atoms with Gasteiger partial charge in [-0.1, -0.05) is 26.5 Å². The fourth-order valence-corrected chi connectivity index (χ4v) is 7.17. The molecule has 2 N–H and O–H groups in total. The Kier molecular flexibility index (Phi) is 6.73. The molecule has 1 aliphatic carbocycles. The monoisotopic (exact) mass is 465 g/mol. The lowest BCUT2D eigenvalue weighted by Crippen LogP contribution is -2.33. The Morgan fingerprint density at radius 2 is 1.82 bits per heavy atom. The van der Waals surface area contributed by atoms with E-state index in [-0.39, 0.29) is 5.41 Å². The van der Waals surface area contributed by atoms with E-state index in [1.54, 1.807) is 0 Å². The van der Waals surface area contributed by atoms with Gasteiger partial charge in [-0.25, -0.2) is 9.19 Å². The maximum Gasteiger partial charge on any atom is 0.154 e. The Hall–Kier alpha value is -2.14. The number of unbranched alkanes of at least 4 members (excludes halogenated alkanes) is 1. The first kappa shape index (κ1) is 24.0. The van der Waals surface area contributed by atoms with Crippen LogP contribution in [0.25, 0.3) is 0 Å². The van der Waals surface area contributed by atoms with Gasteiger partial charge in [0.25, 0.3) is 0 Å². The molecule has 0 amide bonds. The molecule has 4 nitrogen and oxygen atoms in total. The molecule has 2 aromatic rings. The maximum atomic E-state index is 14.1. The molecule has 4 rings (SSSR count). The van der Waals surface area contributed by atoms with Gasteiger partial charge in [0.15, 0.2) is 11.0 Å². The first-order valence-electron chi connectivity index (χ1n) is 12.3. The Morgan fingerprint density at radius 3 is 2.52 bits per heavy atom. The van der Waals surface area contributed by atoms with E-state index in [1.165, 1.54) is 33.4 Å². The van der Waals surface area contributed by atoms with Crippen LogP contribution in [0.2, 0.25) is 0 Å². The van der Waals surface area contributed by atoms with Gasteiger partial charge >= 0.3 is 0 Å². The van der Waals surface area contributed by atoms with Gasteiger partial charge in [-0.2, -0.15) is 0 Å². The highest BCUT2D eigenvalue weighted by Crippen LogP contribution is 2.43. The zero-order valence-electron chi connectivity index (χ0n) is 21.0. The van der Waals surface area contributed by atoms with Gasteiger partial charge in [0, 0.05) is 17.9 Å². The number of aromatic nitrogens is 1. The molecule has 2 aliphatic rings. The summed E-state index contributed by atoms with van der Waals surface area (Å²) in [4.78, 5) is 6.02. The minimum atomic E-state index is -1.26. The zero-order chi connectivity index (χ0) is 23.9. The van der Waals surface area contributed by atoms with Crippen LogP contribution in [0.3, 0.4) is 0 Å². The number of fused-ring (bicyclic) bond motifs is 2. The lowest BCUT2D eigenvalue weighted by Gasteiger charge is -2.31. The van der Waals surface area contributed by atoms with Gasteiger partial charge in [0.1, 0.15) is 5.82 Å². The minimum absolute atomic E-state index is 0.273. The number of hydrogen-bond acceptors (Lipinski definition) is 3. The molecule has 33 heavy (non-hydrogen) atoms. The Labute approximate surface area is 202 Å². The molecule has 1 unspecified atom stereocenters. The van der Waals surface area contributed by atoms with E-state index < -0.39 is 11.0 Å². The molecule has 2 heterocycles. The van der Waals surface area contributed by atoms with Gasteiger partial charge in [-0.15, -0.1) is 0 Å². The Morgan fingerprint density at radius 1 is 1.12 bits per heavy atom. The van der Waals surface area contributed by atoms with Gasteiger partial charge in [0.2, 0.25) is 0 Å². The van der Waals surface area contributed by atoms with Gasteiger partial charge in [-0.3, -0.25) is 4.31 Å². The molecule has 1 aliphatic heterocycles. The van der Waals surface area contributed by atoms with Crippen LogP contribution in [-0.2, 0) is 36.7 Å². The summed E-state index contributed by atoms with van der Waals surface area (Å²) >= 11 is 0. The summed E-state index contributed by atoms with van der Waals surface area (Å²) < 4.78 is 16.2. The number of aryl methyl sites for hydroxylation is 2. The molecule has 0 radical (unpaired) electrons. The highest BCUT2D eigenvalue weighted by Gasteiger charge is 2.35. The summed E-state index contributed by atoms with van der Waals surface area (Å²) in [7, 11) is -1.26. The van der Waals surface area contributed by atoms with Crippen molar-refractivity contribution in [2.45, 2.75) is 90.9 Å². The highest BCUT2D eigenvalue weighted by atomic mass is 32.2. The van der Waals surface area contributed by atoms with Crippen molar-refractivity contribution in [3.05, 3.63) is 63.5 Å². The minimum Gasteiger partial charge on any atom is -0.403 e. The fraction of sp³-hybridized carbons (Fsp3) is 0.536. The number of anilines is 1. The van der Waals surface area contributed by atoms with Crippen molar-refractivity contribution in [3.63, 3.8) is 0 Å². The highest BCUT2D eigenvalue weighted by molar-refractivity contribution is 7.86. The van der Waals surface area contributed by atoms with Crippen molar-refractivity contribution >= 4 is 16.8 Å². The second-order valence-corrected chi connectivity index (χ2v) is 12.1. The summed E-state index contributed by atoms with van der Waals surface area (Å²) in [5.41, 5.74) is 15.6. The Balaban J connectivity index is 1.65. The molecule has 0 bridgehead atoms. The normalized spacial score (nSPS) is 17.5. The predicted molar refractivity (Wildman–Crippen MR) is 139 cm³/mol. The van der Waals surface area contributed by atoms with Crippen LogP contribution in [-0.4, -0.2) is 15.7 Å². The Bertz CT molecular complexity index is 1120. The predicted octanol–water partition coefficient (Wildman–Crippen LogP) is 5.79. The van der Waals surface area contributed by atoms with Crippen LogP contribution < -0.4 is 10.0 Å². The van der Waals surface area contributed by atoms with E-state index in [1.807, 2.05) is 0 Å². The van der Waals surface area contributed by atoms with Crippen molar-refractivity contribution in [2.75, 3.05) is 10.8 Å². The molecule has 1 atom stereocenters. The second-order valence-electron chi connectivity index (χ2n) is 10.8. The molecule has 1 aromatic heterocycles. The summed E-state index contributed by atoms with van der Waals surface area (Å²) in [6.45, 7) is 15.8. The van der Waals surface area contributed by atoms with E-state index in [0.29, 0.717) is 0 Å². The summed E-state index contributed by atoms with van der Waals surface area (Å²) in [6, 6.07) is 4.33. The van der Waals surface area contributed by atoms with E-state index in [4.69, 9.17) is 10.7 Å². The number of rotatable bonds is 7. The van der Waals surface area contributed by atoms with Crippen molar-refractivity contribution in [2.24, 2.45) is 11.1 Å². The van der Waals surface area contributed by atoms with Crippen LogP contribution in [0.15, 0.2) is 29.3 Å². The number of nitrogens with two attached hydrogens (primary N) is 1. The SMILES string of the molecule is C=C(N)CCCCc1ccc2c(n1)N(S(=O)c1c(C)c(C)c3c(c1C)CC(C)(C)C3)CCC2. The number of pyridine rings is 1. The molecule has 0 saturated carbocycles. The molecular formula is C28H39N3OS. The topological polar surface area (TPSA) is 59.2 Å².